The van der Waals surface area contributed by atoms with E-state index in [4.69, 9.17) is 4.42 Å². The maximum Gasteiger partial charge on any atom is 0.354 e. The van der Waals surface area contributed by atoms with Gasteiger partial charge in [0, 0.05) is 40.5 Å². The lowest BCUT2D eigenvalue weighted by Crippen LogP contribution is -2.07. The quantitative estimate of drug-likeness (QED) is 0.428. The van der Waals surface area contributed by atoms with E-state index in [1.807, 2.05) is 42.5 Å². The Kier molecular flexibility index (Phi) is 3.71. The maximum absolute atomic E-state index is 13.9. The summed E-state index contributed by atoms with van der Waals surface area (Å²) in [7, 11) is 0. The summed E-state index contributed by atoms with van der Waals surface area (Å²) in [6.07, 6.45) is 3.19. The largest absolute Gasteiger partial charge is 0.422 e. The van der Waals surface area contributed by atoms with Crippen LogP contribution in [0.25, 0.3) is 39.0 Å². The summed E-state index contributed by atoms with van der Waals surface area (Å²) in [5.41, 5.74) is 2.20. The van der Waals surface area contributed by atoms with Gasteiger partial charge in [-0.2, -0.15) is 10.4 Å². The van der Waals surface area contributed by atoms with Crippen LogP contribution in [0.4, 0.5) is 4.39 Å². The first-order valence-corrected chi connectivity index (χ1v) is 8.72. The molecule has 0 fully saturated rings. The molecule has 0 aliphatic carbocycles. The lowest BCUT2D eigenvalue weighted by Gasteiger charge is -2.08. The van der Waals surface area contributed by atoms with Gasteiger partial charge in [0.1, 0.15) is 23.0 Å². The van der Waals surface area contributed by atoms with Crippen molar-refractivity contribution in [3.63, 3.8) is 0 Å². The third-order valence-electron chi connectivity index (χ3n) is 4.65. The minimum absolute atomic E-state index is 0.191. The first-order chi connectivity index (χ1) is 14.1. The first kappa shape index (κ1) is 16.8. The standard InChI is InChI=1S/C22H11FN4O2/c23-15-6-7-19-16(8-15)21(17(10-24)22(28)29-19)14-11-25-20-9-18(26-27(20)12-14)13-4-2-1-3-5-13/h1-9,11-12H. The van der Waals surface area contributed by atoms with E-state index in [2.05, 4.69) is 10.1 Å². The van der Waals surface area contributed by atoms with Crippen molar-refractivity contribution >= 4 is 16.6 Å². The van der Waals surface area contributed by atoms with Crippen molar-refractivity contribution in [3.8, 4) is 28.5 Å². The molecule has 5 rings (SSSR count). The van der Waals surface area contributed by atoms with Gasteiger partial charge in [0.05, 0.1) is 5.69 Å². The highest BCUT2D eigenvalue weighted by molar-refractivity contribution is 5.95. The molecule has 0 spiro atoms. The molecule has 0 N–H and O–H groups in total. The molecule has 5 aromatic rings. The Hall–Kier alpha value is -4.31. The Balaban J connectivity index is 1.78. The van der Waals surface area contributed by atoms with E-state index in [0.717, 1.165) is 11.3 Å². The summed E-state index contributed by atoms with van der Waals surface area (Å²) >= 11 is 0. The number of hydrogen-bond donors (Lipinski definition) is 0. The molecule has 3 heterocycles. The van der Waals surface area contributed by atoms with Crippen molar-refractivity contribution in [2.45, 2.75) is 0 Å². The first-order valence-electron chi connectivity index (χ1n) is 8.72. The summed E-state index contributed by atoms with van der Waals surface area (Å²) in [4.78, 5) is 16.7. The van der Waals surface area contributed by atoms with Gasteiger partial charge in [-0.3, -0.25) is 0 Å². The average Bonchev–Trinajstić information content (AvgIpc) is 3.17. The van der Waals surface area contributed by atoms with Crippen LogP contribution in [0, 0.1) is 17.1 Å². The van der Waals surface area contributed by atoms with Crippen LogP contribution in [0.5, 0.6) is 0 Å². The van der Waals surface area contributed by atoms with E-state index in [0.29, 0.717) is 16.6 Å². The fraction of sp³-hybridized carbons (Fsp3) is 0. The zero-order chi connectivity index (χ0) is 20.0. The van der Waals surface area contributed by atoms with E-state index in [1.165, 1.54) is 24.4 Å². The molecular formula is C22H11FN4O2. The van der Waals surface area contributed by atoms with Crippen LogP contribution in [0.15, 0.2) is 76.2 Å². The topological polar surface area (TPSA) is 84.2 Å². The van der Waals surface area contributed by atoms with Crippen molar-refractivity contribution in [2.24, 2.45) is 0 Å². The van der Waals surface area contributed by atoms with Crippen molar-refractivity contribution < 1.29 is 8.81 Å². The minimum Gasteiger partial charge on any atom is -0.422 e. The van der Waals surface area contributed by atoms with Crippen LogP contribution >= 0.6 is 0 Å². The highest BCUT2D eigenvalue weighted by atomic mass is 19.1. The molecule has 0 amide bonds. The molecular weight excluding hydrogens is 371 g/mol. The van der Waals surface area contributed by atoms with Crippen LogP contribution in [-0.4, -0.2) is 14.6 Å². The smallest absolute Gasteiger partial charge is 0.354 e. The zero-order valence-corrected chi connectivity index (χ0v) is 14.8. The van der Waals surface area contributed by atoms with Crippen molar-refractivity contribution in [3.05, 3.63) is 88.8 Å². The van der Waals surface area contributed by atoms with E-state index < -0.39 is 11.4 Å². The molecule has 0 saturated carbocycles. The molecule has 7 heteroatoms. The highest BCUT2D eigenvalue weighted by Crippen LogP contribution is 2.31. The number of fused-ring (bicyclic) bond motifs is 2. The van der Waals surface area contributed by atoms with Gasteiger partial charge in [0.25, 0.3) is 0 Å². The monoisotopic (exact) mass is 382 g/mol. The van der Waals surface area contributed by atoms with Gasteiger partial charge in [0.2, 0.25) is 0 Å². The lowest BCUT2D eigenvalue weighted by atomic mass is 10.00. The predicted octanol–water partition coefficient (Wildman–Crippen LogP) is 4.18. The van der Waals surface area contributed by atoms with Crippen molar-refractivity contribution in [1.82, 2.24) is 14.6 Å². The maximum atomic E-state index is 13.9. The fourth-order valence-corrected chi connectivity index (χ4v) is 3.33. The molecule has 0 atom stereocenters. The van der Waals surface area contributed by atoms with E-state index >= 15 is 0 Å². The summed E-state index contributed by atoms with van der Waals surface area (Å²) < 4.78 is 20.6. The van der Waals surface area contributed by atoms with Crippen molar-refractivity contribution in [2.75, 3.05) is 0 Å². The van der Waals surface area contributed by atoms with E-state index in [1.54, 1.807) is 10.7 Å². The van der Waals surface area contributed by atoms with Crippen LogP contribution in [0.2, 0.25) is 0 Å². The molecule has 0 saturated heterocycles. The Bertz CT molecular complexity index is 1500. The van der Waals surface area contributed by atoms with Gasteiger partial charge >= 0.3 is 5.63 Å². The van der Waals surface area contributed by atoms with Gasteiger partial charge in [-0.15, -0.1) is 0 Å². The molecule has 0 bridgehead atoms. The fourth-order valence-electron chi connectivity index (χ4n) is 3.33. The molecule has 0 aliphatic heterocycles. The molecule has 29 heavy (non-hydrogen) atoms. The number of aromatic nitrogens is 3. The highest BCUT2D eigenvalue weighted by Gasteiger charge is 2.18. The Morgan fingerprint density at radius 3 is 2.69 bits per heavy atom. The van der Waals surface area contributed by atoms with Gasteiger partial charge < -0.3 is 4.42 Å². The molecule has 2 aromatic carbocycles. The summed E-state index contributed by atoms with van der Waals surface area (Å²) in [5.74, 6) is -0.504. The Morgan fingerprint density at radius 1 is 1.07 bits per heavy atom. The third-order valence-corrected chi connectivity index (χ3v) is 4.65. The number of hydrogen-bond acceptors (Lipinski definition) is 5. The second-order valence-corrected chi connectivity index (χ2v) is 6.43. The number of benzene rings is 2. The number of nitrogens with zero attached hydrogens (tertiary/aromatic N) is 4. The average molecular weight is 382 g/mol. The Labute approximate surface area is 163 Å². The second-order valence-electron chi connectivity index (χ2n) is 6.43. The molecule has 0 radical (unpaired) electrons. The van der Waals surface area contributed by atoms with Gasteiger partial charge in [-0.1, -0.05) is 30.3 Å². The zero-order valence-electron chi connectivity index (χ0n) is 14.8. The molecule has 0 aliphatic rings. The van der Waals surface area contributed by atoms with Gasteiger partial charge in [0.15, 0.2) is 5.65 Å². The van der Waals surface area contributed by atoms with Crippen LogP contribution in [0.1, 0.15) is 5.56 Å². The third kappa shape index (κ3) is 2.75. The summed E-state index contributed by atoms with van der Waals surface area (Å²) in [5, 5.41) is 14.4. The molecule has 6 nitrogen and oxygen atoms in total. The minimum atomic E-state index is -0.785. The van der Waals surface area contributed by atoms with Crippen molar-refractivity contribution in [1.29, 1.82) is 5.26 Å². The van der Waals surface area contributed by atoms with Gasteiger partial charge in [-0.25, -0.2) is 18.7 Å². The Morgan fingerprint density at radius 2 is 1.90 bits per heavy atom. The SMILES string of the molecule is N#Cc1c(-c2cnc3cc(-c4ccccc4)nn3c2)c2cc(F)ccc2oc1=O. The lowest BCUT2D eigenvalue weighted by molar-refractivity contribution is 0.556. The predicted molar refractivity (Wildman–Crippen MR) is 105 cm³/mol. The molecule has 0 unspecified atom stereocenters. The summed E-state index contributed by atoms with van der Waals surface area (Å²) in [6, 6.07) is 17.1. The number of halogens is 1. The number of nitriles is 1. The van der Waals surface area contributed by atoms with Gasteiger partial charge in [-0.05, 0) is 18.2 Å². The molecule has 138 valence electrons. The number of rotatable bonds is 2. The van der Waals surface area contributed by atoms with Crippen LogP contribution < -0.4 is 5.63 Å². The normalized spacial score (nSPS) is 11.0. The second kappa shape index (κ2) is 6.39. The van der Waals surface area contributed by atoms with Crippen LogP contribution in [0.3, 0.4) is 0 Å². The van der Waals surface area contributed by atoms with Crippen LogP contribution in [-0.2, 0) is 0 Å². The summed E-state index contributed by atoms with van der Waals surface area (Å²) in [6.45, 7) is 0. The van der Waals surface area contributed by atoms with E-state index in [-0.39, 0.29) is 16.7 Å². The van der Waals surface area contributed by atoms with E-state index in [9.17, 15) is 14.4 Å². The molecule has 3 aromatic heterocycles.